The van der Waals surface area contributed by atoms with Crippen molar-refractivity contribution in [2.45, 2.75) is 50.3 Å². The zero-order valence-electron chi connectivity index (χ0n) is 16.1. The van der Waals surface area contributed by atoms with Crippen LogP contribution in [0.2, 0.25) is 0 Å². The molecular weight excluding hydrogens is 346 g/mol. The summed E-state index contributed by atoms with van der Waals surface area (Å²) in [6, 6.07) is 10.4. The van der Waals surface area contributed by atoms with Crippen molar-refractivity contribution in [3.63, 3.8) is 0 Å². The molecule has 26 heavy (non-hydrogen) atoms. The van der Waals surface area contributed by atoms with E-state index in [9.17, 15) is 8.42 Å². The number of piperidine rings is 1. The fourth-order valence-corrected chi connectivity index (χ4v) is 5.46. The molecule has 5 nitrogen and oxygen atoms in total. The highest BCUT2D eigenvalue weighted by atomic mass is 32.2. The van der Waals surface area contributed by atoms with Crippen LogP contribution >= 0.6 is 0 Å². The van der Waals surface area contributed by atoms with Crippen LogP contribution in [0.3, 0.4) is 0 Å². The predicted octanol–water partition coefficient (Wildman–Crippen LogP) is 3.36. The first-order valence-corrected chi connectivity index (χ1v) is 10.7. The van der Waals surface area contributed by atoms with E-state index in [1.807, 2.05) is 26.8 Å². The number of aryl methyl sites for hydroxylation is 1. The van der Waals surface area contributed by atoms with Gasteiger partial charge in [-0.15, -0.1) is 0 Å². The normalized spacial score (nSPS) is 17.5. The lowest BCUT2D eigenvalue weighted by Gasteiger charge is -2.31. The first-order chi connectivity index (χ1) is 12.2. The van der Waals surface area contributed by atoms with Gasteiger partial charge in [-0.2, -0.15) is 9.40 Å². The smallest absolute Gasteiger partial charge is 0.246 e. The van der Waals surface area contributed by atoms with Crippen molar-refractivity contribution in [3.8, 4) is 0 Å². The van der Waals surface area contributed by atoms with Crippen LogP contribution in [0.15, 0.2) is 41.4 Å². The molecule has 0 radical (unpaired) electrons. The number of sulfonamides is 1. The van der Waals surface area contributed by atoms with Gasteiger partial charge < -0.3 is 0 Å². The fraction of sp³-hybridized carbons (Fsp3) is 0.550. The van der Waals surface area contributed by atoms with Crippen LogP contribution in [-0.2, 0) is 28.9 Å². The molecule has 2 heterocycles. The van der Waals surface area contributed by atoms with Crippen molar-refractivity contribution in [2.24, 2.45) is 13.0 Å². The Morgan fingerprint density at radius 2 is 1.73 bits per heavy atom. The van der Waals surface area contributed by atoms with Crippen molar-refractivity contribution in [3.05, 3.63) is 47.8 Å². The highest BCUT2D eigenvalue weighted by Gasteiger charge is 2.35. The van der Waals surface area contributed by atoms with Crippen molar-refractivity contribution in [1.82, 2.24) is 14.1 Å². The second-order valence-electron chi connectivity index (χ2n) is 8.30. The molecule has 1 aliphatic heterocycles. The van der Waals surface area contributed by atoms with Gasteiger partial charge >= 0.3 is 0 Å². The van der Waals surface area contributed by atoms with Crippen LogP contribution < -0.4 is 0 Å². The van der Waals surface area contributed by atoms with Gasteiger partial charge in [0.25, 0.3) is 0 Å². The van der Waals surface area contributed by atoms with Crippen molar-refractivity contribution < 1.29 is 8.42 Å². The van der Waals surface area contributed by atoms with Crippen molar-refractivity contribution in [2.75, 3.05) is 13.1 Å². The quantitative estimate of drug-likeness (QED) is 0.823. The largest absolute Gasteiger partial charge is 0.274 e. The lowest BCUT2D eigenvalue weighted by atomic mass is 9.91. The monoisotopic (exact) mass is 375 g/mol. The van der Waals surface area contributed by atoms with Crippen molar-refractivity contribution in [1.29, 1.82) is 0 Å². The Morgan fingerprint density at radius 3 is 2.31 bits per heavy atom. The maximum absolute atomic E-state index is 13.2. The Kier molecular flexibility index (Phi) is 5.26. The molecule has 0 amide bonds. The third-order valence-electron chi connectivity index (χ3n) is 5.06. The summed E-state index contributed by atoms with van der Waals surface area (Å²) in [5, 5.41) is 4.42. The van der Waals surface area contributed by atoms with E-state index in [4.69, 9.17) is 0 Å². The van der Waals surface area contributed by atoms with E-state index >= 15 is 0 Å². The van der Waals surface area contributed by atoms with E-state index in [-0.39, 0.29) is 5.41 Å². The fourth-order valence-electron chi connectivity index (χ4n) is 3.62. The van der Waals surface area contributed by atoms with Crippen molar-refractivity contribution >= 4 is 10.0 Å². The summed E-state index contributed by atoms with van der Waals surface area (Å²) in [6.45, 7) is 7.16. The molecule has 3 rings (SSSR count). The SMILES string of the molecule is Cn1cc(S(=O)(=O)N2CCC(Cc3ccccc3)CC2)c(C(C)(C)C)n1. The van der Waals surface area contributed by atoms with Gasteiger partial charge in [-0.1, -0.05) is 51.1 Å². The summed E-state index contributed by atoms with van der Waals surface area (Å²) >= 11 is 0. The molecule has 0 atom stereocenters. The molecule has 1 aliphatic rings. The molecule has 0 saturated carbocycles. The van der Waals surface area contributed by atoms with Crippen LogP contribution in [0.4, 0.5) is 0 Å². The third kappa shape index (κ3) is 4.01. The van der Waals surface area contributed by atoms with E-state index in [1.54, 1.807) is 22.2 Å². The summed E-state index contributed by atoms with van der Waals surface area (Å²) in [5.74, 6) is 0.542. The van der Waals surface area contributed by atoms with Crippen LogP contribution in [0, 0.1) is 5.92 Å². The van der Waals surface area contributed by atoms with E-state index in [0.29, 0.717) is 29.6 Å². The van der Waals surface area contributed by atoms with E-state index < -0.39 is 10.0 Å². The van der Waals surface area contributed by atoms with Gasteiger partial charge in [-0.05, 0) is 30.7 Å². The Bertz CT molecular complexity index is 843. The summed E-state index contributed by atoms with van der Waals surface area (Å²) in [6.07, 6.45) is 4.47. The third-order valence-corrected chi connectivity index (χ3v) is 6.96. The Labute approximate surface area is 157 Å². The summed E-state index contributed by atoms with van der Waals surface area (Å²) in [7, 11) is -1.72. The van der Waals surface area contributed by atoms with E-state index in [0.717, 1.165) is 19.3 Å². The number of hydrogen-bond donors (Lipinski definition) is 0. The molecular formula is C20H29N3O2S. The second kappa shape index (κ2) is 7.16. The van der Waals surface area contributed by atoms with Gasteiger partial charge in [0.1, 0.15) is 4.90 Å². The molecule has 2 aromatic rings. The zero-order valence-corrected chi connectivity index (χ0v) is 17.0. The molecule has 142 valence electrons. The van der Waals surface area contributed by atoms with Gasteiger partial charge in [0, 0.05) is 31.7 Å². The molecule has 0 aliphatic carbocycles. The first kappa shape index (κ1) is 19.1. The first-order valence-electron chi connectivity index (χ1n) is 9.26. The molecule has 1 saturated heterocycles. The van der Waals surface area contributed by atoms with Gasteiger partial charge in [-0.3, -0.25) is 4.68 Å². The minimum absolute atomic E-state index is 0.310. The number of rotatable bonds is 4. The molecule has 0 N–H and O–H groups in total. The maximum Gasteiger partial charge on any atom is 0.246 e. The minimum Gasteiger partial charge on any atom is -0.274 e. The van der Waals surface area contributed by atoms with Gasteiger partial charge in [-0.25, -0.2) is 8.42 Å². The molecule has 0 spiro atoms. The van der Waals surface area contributed by atoms with E-state index in [1.165, 1.54) is 5.56 Å². The van der Waals surface area contributed by atoms with Crippen LogP contribution in [0.25, 0.3) is 0 Å². The number of nitrogens with zero attached hydrogens (tertiary/aromatic N) is 3. The molecule has 1 aromatic carbocycles. The Hall–Kier alpha value is -1.66. The molecule has 1 fully saturated rings. The Balaban J connectivity index is 1.73. The number of benzene rings is 1. The Morgan fingerprint density at radius 1 is 1.12 bits per heavy atom. The van der Waals surface area contributed by atoms with Crippen LogP contribution in [0.5, 0.6) is 0 Å². The van der Waals surface area contributed by atoms with Gasteiger partial charge in [0.2, 0.25) is 10.0 Å². The molecule has 1 aromatic heterocycles. The van der Waals surface area contributed by atoms with Gasteiger partial charge in [0.15, 0.2) is 0 Å². The average Bonchev–Trinajstić information content (AvgIpc) is 2.99. The van der Waals surface area contributed by atoms with Gasteiger partial charge in [0.05, 0.1) is 5.69 Å². The summed E-state index contributed by atoms with van der Waals surface area (Å²) < 4.78 is 29.7. The number of hydrogen-bond acceptors (Lipinski definition) is 3. The number of aromatic nitrogens is 2. The lowest BCUT2D eigenvalue weighted by molar-refractivity contribution is 0.272. The minimum atomic E-state index is -3.50. The average molecular weight is 376 g/mol. The van der Waals surface area contributed by atoms with Crippen LogP contribution in [-0.4, -0.2) is 35.6 Å². The summed E-state index contributed by atoms with van der Waals surface area (Å²) in [4.78, 5) is 0.356. The second-order valence-corrected chi connectivity index (χ2v) is 10.2. The van der Waals surface area contributed by atoms with E-state index in [2.05, 4.69) is 29.4 Å². The summed E-state index contributed by atoms with van der Waals surface area (Å²) in [5.41, 5.74) is 1.66. The highest BCUT2D eigenvalue weighted by Crippen LogP contribution is 2.32. The lowest BCUT2D eigenvalue weighted by Crippen LogP contribution is -2.39. The molecule has 6 heteroatoms. The topological polar surface area (TPSA) is 55.2 Å². The maximum atomic E-state index is 13.2. The van der Waals surface area contributed by atoms with Crippen LogP contribution in [0.1, 0.15) is 44.9 Å². The molecule has 0 unspecified atom stereocenters. The standard InChI is InChI=1S/C20H29N3O2S/c1-20(2,3)19-18(15-22(4)21-19)26(24,25)23-12-10-17(11-13-23)14-16-8-6-5-7-9-16/h5-9,15,17H,10-14H2,1-4H3. The highest BCUT2D eigenvalue weighted by molar-refractivity contribution is 7.89. The predicted molar refractivity (Wildman–Crippen MR) is 104 cm³/mol. The zero-order chi connectivity index (χ0) is 18.9. The molecule has 0 bridgehead atoms.